The SMILES string of the molecule is CC.CCC(=O)C1=CC=c2c(cc(/C(C)=N/N(C(=O)OC(C)(C)C)c3csc(C(=O)OC)c3)n2C(O)OC(C)C)=CC1. The highest BCUT2D eigenvalue weighted by Crippen LogP contribution is 2.27. The number of aliphatic hydroxyl groups is 1. The number of ketones is 1. The van der Waals surface area contributed by atoms with Crippen molar-refractivity contribution in [1.82, 2.24) is 4.57 Å². The van der Waals surface area contributed by atoms with E-state index in [1.165, 1.54) is 13.2 Å². The molecule has 1 N–H and O–H groups in total. The highest BCUT2D eigenvalue weighted by Gasteiger charge is 2.27. The Morgan fingerprint density at radius 1 is 1.17 bits per heavy atom. The zero-order chi connectivity index (χ0) is 31.8. The second-order valence-electron chi connectivity index (χ2n) is 10.4. The summed E-state index contributed by atoms with van der Waals surface area (Å²) in [5, 5.41) is 19.8. The largest absolute Gasteiger partial charge is 0.465 e. The standard InChI is InChI=1S/C29H37N3O7S.C2H6/c1-9-24(33)19-10-11-20-14-23(31(22(20)13-12-19)27(35)38-17(2)3)18(4)30-32(28(36)39-29(5,6)7)21-15-25(40-16-21)26(34)37-8;1-2/h11-17,27,35H,9-10H2,1-8H3;1-2H3/b30-18+;. The Morgan fingerprint density at radius 2 is 1.83 bits per heavy atom. The van der Waals surface area contributed by atoms with Crippen molar-refractivity contribution in [2.45, 2.75) is 93.3 Å². The highest BCUT2D eigenvalue weighted by atomic mass is 32.1. The van der Waals surface area contributed by atoms with E-state index in [4.69, 9.17) is 14.2 Å². The van der Waals surface area contributed by atoms with Crippen molar-refractivity contribution in [2.24, 2.45) is 5.10 Å². The van der Waals surface area contributed by atoms with Gasteiger partial charge in [0.2, 0.25) is 6.41 Å². The topological polar surface area (TPSA) is 120 Å². The first-order valence-corrected chi connectivity index (χ1v) is 14.9. The van der Waals surface area contributed by atoms with Crippen LogP contribution in [-0.2, 0) is 19.0 Å². The number of thiophene rings is 1. The van der Waals surface area contributed by atoms with Crippen LogP contribution in [0.1, 0.15) is 96.9 Å². The Hall–Kier alpha value is -3.54. The molecular formula is C31H43N3O7S. The van der Waals surface area contributed by atoms with Crippen molar-refractivity contribution in [3.8, 4) is 0 Å². The molecule has 10 nitrogen and oxygen atoms in total. The van der Waals surface area contributed by atoms with E-state index in [0.29, 0.717) is 45.7 Å². The fraction of sp³-hybridized carbons (Fsp3) is 0.484. The lowest BCUT2D eigenvalue weighted by atomic mass is 10.1. The summed E-state index contributed by atoms with van der Waals surface area (Å²) in [6, 6.07) is 3.33. The Balaban J connectivity index is 0.00000301. The molecule has 0 radical (unpaired) electrons. The third-order valence-corrected chi connectivity index (χ3v) is 6.69. The van der Waals surface area contributed by atoms with Crippen molar-refractivity contribution in [1.29, 1.82) is 0 Å². The van der Waals surface area contributed by atoms with Crippen molar-refractivity contribution < 1.29 is 33.7 Å². The summed E-state index contributed by atoms with van der Waals surface area (Å²) in [6.45, 7) is 16.3. The minimum Gasteiger partial charge on any atom is -0.465 e. The molecule has 1 aliphatic carbocycles. The molecule has 2 heterocycles. The second-order valence-corrected chi connectivity index (χ2v) is 11.3. The number of rotatable bonds is 9. The molecule has 0 aromatic carbocycles. The molecule has 0 bridgehead atoms. The van der Waals surface area contributed by atoms with Crippen molar-refractivity contribution in [3.63, 3.8) is 0 Å². The van der Waals surface area contributed by atoms with Gasteiger partial charge in [-0.3, -0.25) is 9.36 Å². The van der Waals surface area contributed by atoms with E-state index < -0.39 is 24.1 Å². The molecule has 2 aromatic rings. The number of methoxy groups -OCH3 is 1. The molecule has 0 saturated heterocycles. The highest BCUT2D eigenvalue weighted by molar-refractivity contribution is 7.12. The summed E-state index contributed by atoms with van der Waals surface area (Å²) < 4.78 is 17.7. The number of aromatic nitrogens is 1. The van der Waals surface area contributed by atoms with Crippen LogP contribution in [0.25, 0.3) is 12.2 Å². The van der Waals surface area contributed by atoms with Crippen LogP contribution in [-0.4, -0.2) is 52.0 Å². The number of amides is 1. The monoisotopic (exact) mass is 601 g/mol. The van der Waals surface area contributed by atoms with Crippen LogP contribution in [0.4, 0.5) is 10.5 Å². The molecule has 230 valence electrons. The molecule has 0 fully saturated rings. The van der Waals surface area contributed by atoms with Crippen LogP contribution < -0.4 is 15.6 Å². The fourth-order valence-corrected chi connectivity index (χ4v) is 4.76. The van der Waals surface area contributed by atoms with Crippen molar-refractivity contribution >= 4 is 52.7 Å². The van der Waals surface area contributed by atoms with E-state index in [2.05, 4.69) is 5.10 Å². The lowest BCUT2D eigenvalue weighted by Gasteiger charge is -2.24. The van der Waals surface area contributed by atoms with E-state index in [0.717, 1.165) is 21.6 Å². The number of ether oxygens (including phenoxy) is 3. The van der Waals surface area contributed by atoms with Gasteiger partial charge in [0.15, 0.2) is 5.78 Å². The van der Waals surface area contributed by atoms with Crippen LogP contribution in [0, 0.1) is 0 Å². The van der Waals surface area contributed by atoms with Crippen LogP contribution in [0.2, 0.25) is 0 Å². The van der Waals surface area contributed by atoms with Crippen LogP contribution in [0.3, 0.4) is 0 Å². The third-order valence-electron chi connectivity index (χ3n) is 5.79. The molecule has 0 spiro atoms. The minimum atomic E-state index is -1.37. The van der Waals surface area contributed by atoms with Gasteiger partial charge in [0.25, 0.3) is 0 Å². The van der Waals surface area contributed by atoms with Gasteiger partial charge >= 0.3 is 12.1 Å². The first-order chi connectivity index (χ1) is 19.7. The number of hydrogen-bond donors (Lipinski definition) is 1. The number of nitrogens with zero attached hydrogens (tertiary/aromatic N) is 3. The lowest BCUT2D eigenvalue weighted by molar-refractivity contribution is -0.176. The maximum atomic E-state index is 13.3. The molecule has 0 aliphatic heterocycles. The summed E-state index contributed by atoms with van der Waals surface area (Å²) in [4.78, 5) is 37.9. The molecule has 1 unspecified atom stereocenters. The number of carbonyl (C=O) groups excluding carboxylic acids is 3. The quantitative estimate of drug-likeness (QED) is 0.180. The summed E-state index contributed by atoms with van der Waals surface area (Å²) in [6.07, 6.45) is 3.88. The molecule has 1 atom stereocenters. The Labute approximate surface area is 251 Å². The van der Waals surface area contributed by atoms with Gasteiger partial charge in [-0.05, 0) is 77.0 Å². The number of esters is 1. The van der Waals surface area contributed by atoms with Gasteiger partial charge in [0.05, 0.1) is 35.7 Å². The molecule has 1 aliphatic rings. The number of anilines is 1. The number of carbonyl (C=O) groups is 3. The van der Waals surface area contributed by atoms with Gasteiger partial charge in [-0.25, -0.2) is 9.59 Å². The van der Waals surface area contributed by atoms with Crippen molar-refractivity contribution in [2.75, 3.05) is 12.1 Å². The third kappa shape index (κ3) is 8.73. The number of hydrazone groups is 1. The molecule has 11 heteroatoms. The average Bonchev–Trinajstić information content (AvgIpc) is 3.50. The minimum absolute atomic E-state index is 0.0521. The number of Topliss-reactive ketones (excluding diaryl/α,β-unsaturated/α-hetero) is 1. The van der Waals surface area contributed by atoms with Gasteiger partial charge in [-0.1, -0.05) is 32.9 Å². The number of fused-ring (bicyclic) bond motifs is 1. The normalized spacial score (nSPS) is 13.8. The van der Waals surface area contributed by atoms with E-state index in [1.54, 1.807) is 63.6 Å². The van der Waals surface area contributed by atoms with Gasteiger partial charge in [0, 0.05) is 11.8 Å². The molecular weight excluding hydrogens is 558 g/mol. The summed E-state index contributed by atoms with van der Waals surface area (Å²) in [7, 11) is 1.28. The van der Waals surface area contributed by atoms with E-state index in [-0.39, 0.29) is 11.9 Å². The van der Waals surface area contributed by atoms with Crippen molar-refractivity contribution in [3.05, 3.63) is 50.3 Å². The van der Waals surface area contributed by atoms with E-state index in [9.17, 15) is 19.5 Å². The predicted molar refractivity (Wildman–Crippen MR) is 166 cm³/mol. The van der Waals surface area contributed by atoms with Crippen LogP contribution in [0.5, 0.6) is 0 Å². The van der Waals surface area contributed by atoms with Crippen LogP contribution >= 0.6 is 11.3 Å². The predicted octanol–water partition coefficient (Wildman–Crippen LogP) is 5.27. The first kappa shape index (κ1) is 34.7. The molecule has 42 heavy (non-hydrogen) atoms. The number of hydrogen-bond acceptors (Lipinski definition) is 9. The van der Waals surface area contributed by atoms with Gasteiger partial charge in [0.1, 0.15) is 10.5 Å². The van der Waals surface area contributed by atoms with Gasteiger partial charge < -0.3 is 19.3 Å². The average molecular weight is 602 g/mol. The van der Waals surface area contributed by atoms with E-state index in [1.807, 2.05) is 32.9 Å². The number of allylic oxidation sites excluding steroid dienone is 2. The van der Waals surface area contributed by atoms with Gasteiger partial charge in [-0.2, -0.15) is 10.1 Å². The summed E-state index contributed by atoms with van der Waals surface area (Å²) in [5.74, 6) is -0.482. The second kappa shape index (κ2) is 15.1. The molecule has 0 saturated carbocycles. The zero-order valence-corrected chi connectivity index (χ0v) is 27.0. The lowest BCUT2D eigenvalue weighted by Crippen LogP contribution is -2.35. The Kier molecular flexibility index (Phi) is 12.4. The van der Waals surface area contributed by atoms with Gasteiger partial charge in [-0.15, -0.1) is 11.3 Å². The Morgan fingerprint density at radius 3 is 2.40 bits per heavy atom. The first-order valence-electron chi connectivity index (χ1n) is 14.0. The summed E-state index contributed by atoms with van der Waals surface area (Å²) in [5.41, 5.74) is 1.05. The molecule has 3 rings (SSSR count). The molecule has 2 aromatic heterocycles. The fourth-order valence-electron chi connectivity index (χ4n) is 3.98. The van der Waals surface area contributed by atoms with Crippen LogP contribution in [0.15, 0.2) is 34.3 Å². The number of aliphatic hydroxyl groups excluding tert-OH is 1. The zero-order valence-electron chi connectivity index (χ0n) is 26.2. The maximum absolute atomic E-state index is 13.3. The maximum Gasteiger partial charge on any atom is 0.435 e. The van der Waals surface area contributed by atoms with E-state index >= 15 is 0 Å². The summed E-state index contributed by atoms with van der Waals surface area (Å²) >= 11 is 1.11. The molecule has 1 amide bonds. The Bertz CT molecular complexity index is 1460. The smallest absolute Gasteiger partial charge is 0.435 e.